The van der Waals surface area contributed by atoms with Gasteiger partial charge in [0.05, 0.1) is 22.4 Å². The van der Waals surface area contributed by atoms with Crippen LogP contribution in [-0.4, -0.2) is 9.97 Å². The summed E-state index contributed by atoms with van der Waals surface area (Å²) in [4.78, 5) is 10.7. The molecule has 1 aromatic heterocycles. The third-order valence-electron chi connectivity index (χ3n) is 11.4. The van der Waals surface area contributed by atoms with Gasteiger partial charge in [0.25, 0.3) is 0 Å². The van der Waals surface area contributed by atoms with E-state index >= 15 is 0 Å². The van der Waals surface area contributed by atoms with Gasteiger partial charge in [-0.05, 0) is 57.3 Å². The quantitative estimate of drug-likeness (QED) is 0.170. The fraction of sp³-hybridized carbons (Fsp3) is 0.0189. The average molecular weight is 713 g/mol. The van der Waals surface area contributed by atoms with Crippen LogP contribution in [0.1, 0.15) is 27.8 Å². The van der Waals surface area contributed by atoms with Crippen molar-refractivity contribution in [2.45, 2.75) is 5.41 Å². The third kappa shape index (κ3) is 4.67. The Balaban J connectivity index is 1.23. The minimum Gasteiger partial charge on any atom is -0.455 e. The van der Waals surface area contributed by atoms with Gasteiger partial charge in [0.2, 0.25) is 0 Å². The van der Waals surface area contributed by atoms with Crippen molar-refractivity contribution in [1.82, 2.24) is 9.97 Å². The molecule has 3 nitrogen and oxygen atoms in total. The van der Waals surface area contributed by atoms with Crippen molar-refractivity contribution in [3.8, 4) is 80.0 Å². The maximum absolute atomic E-state index is 7.37. The maximum atomic E-state index is 7.37. The van der Waals surface area contributed by atoms with E-state index in [-0.39, 0.29) is 0 Å². The molecule has 3 heteroatoms. The number of hydrogen-bond donors (Lipinski definition) is 0. The van der Waals surface area contributed by atoms with Crippen molar-refractivity contribution in [2.75, 3.05) is 0 Å². The fourth-order valence-electron chi connectivity index (χ4n) is 9.00. The van der Waals surface area contributed by atoms with Crippen molar-refractivity contribution in [1.29, 1.82) is 0 Å². The third-order valence-corrected chi connectivity index (χ3v) is 11.4. The normalized spacial score (nSPS) is 12.9. The van der Waals surface area contributed by atoms with E-state index in [1.807, 2.05) is 36.4 Å². The second kappa shape index (κ2) is 12.5. The number of para-hydroxylation sites is 2. The largest absolute Gasteiger partial charge is 0.455 e. The zero-order valence-electron chi connectivity index (χ0n) is 30.3. The number of ether oxygens (including phenoxy) is 1. The molecular formula is C53H32N2O. The molecule has 2 heterocycles. The van der Waals surface area contributed by atoms with E-state index in [1.54, 1.807) is 0 Å². The Morgan fingerprint density at radius 1 is 0.411 bits per heavy atom. The second-order valence-electron chi connectivity index (χ2n) is 14.4. The van der Waals surface area contributed by atoms with Crippen LogP contribution in [-0.2, 0) is 5.41 Å². The number of rotatable bonds is 4. The minimum atomic E-state index is -0.689. The molecule has 0 atom stereocenters. The van der Waals surface area contributed by atoms with Gasteiger partial charge >= 0.3 is 0 Å². The summed E-state index contributed by atoms with van der Waals surface area (Å²) in [5, 5.41) is 2.34. The van der Waals surface area contributed by atoms with Crippen LogP contribution in [0.15, 0.2) is 188 Å². The lowest BCUT2D eigenvalue weighted by atomic mass is 9.65. The van der Waals surface area contributed by atoms with Crippen LogP contribution in [0.2, 0.25) is 0 Å². The molecule has 0 fully saturated rings. The molecular weight excluding hydrogens is 681 g/mol. The highest BCUT2D eigenvalue weighted by molar-refractivity contribution is 5.93. The summed E-state index contributed by atoms with van der Waals surface area (Å²) in [5.74, 6) is 5.02. The van der Waals surface area contributed by atoms with Crippen molar-refractivity contribution in [2.24, 2.45) is 0 Å². The van der Waals surface area contributed by atoms with Gasteiger partial charge in [-0.3, -0.25) is 0 Å². The molecule has 0 saturated carbocycles. The standard InChI is InChI=1S/C53H32N2O/c1-2-34-16-8-9-21-39(34)42-24-14-28-46-50(42)56-51-43(25-15-29-47(51)53(46)44-26-12-10-22-40(44)41-23-11-13-27-45(41)53)52-54-48(36-18-4-3-5-19-36)33-49(55-52)38-31-30-35-17-6-7-20-37(35)32-38/h1,3-33H. The Hall–Kier alpha value is -7.54. The van der Waals surface area contributed by atoms with Gasteiger partial charge in [-0.15, -0.1) is 6.42 Å². The first-order valence-electron chi connectivity index (χ1n) is 18.9. The first kappa shape index (κ1) is 31.9. The van der Waals surface area contributed by atoms with Crippen LogP contribution >= 0.6 is 0 Å². The molecule has 0 radical (unpaired) electrons. The molecule has 260 valence electrons. The minimum absolute atomic E-state index is 0.589. The molecule has 11 rings (SSSR count). The summed E-state index contributed by atoms with van der Waals surface area (Å²) in [6.07, 6.45) is 6.13. The maximum Gasteiger partial charge on any atom is 0.164 e. The number of hydrogen-bond acceptors (Lipinski definition) is 3. The lowest BCUT2D eigenvalue weighted by molar-refractivity contribution is 0.439. The van der Waals surface area contributed by atoms with Crippen molar-refractivity contribution in [3.05, 3.63) is 216 Å². The van der Waals surface area contributed by atoms with E-state index in [9.17, 15) is 0 Å². The smallest absolute Gasteiger partial charge is 0.164 e. The summed E-state index contributed by atoms with van der Waals surface area (Å²) < 4.78 is 7.37. The first-order chi connectivity index (χ1) is 27.7. The lowest BCUT2D eigenvalue weighted by Gasteiger charge is -2.40. The van der Waals surface area contributed by atoms with Crippen molar-refractivity contribution >= 4 is 10.8 Å². The highest BCUT2D eigenvalue weighted by atomic mass is 16.5. The van der Waals surface area contributed by atoms with Gasteiger partial charge in [-0.25, -0.2) is 9.97 Å². The zero-order chi connectivity index (χ0) is 37.2. The summed E-state index contributed by atoms with van der Waals surface area (Å²) in [5.41, 5.74) is 13.5. The molecule has 0 bridgehead atoms. The van der Waals surface area contributed by atoms with Gasteiger partial charge < -0.3 is 4.74 Å². The van der Waals surface area contributed by atoms with Gasteiger partial charge in [0.15, 0.2) is 5.82 Å². The summed E-state index contributed by atoms with van der Waals surface area (Å²) in [6, 6.07) is 65.9. The summed E-state index contributed by atoms with van der Waals surface area (Å²) in [6.45, 7) is 0. The van der Waals surface area contributed by atoms with Crippen LogP contribution in [0.3, 0.4) is 0 Å². The number of terminal acetylenes is 1. The Labute approximate surface area is 325 Å². The highest BCUT2D eigenvalue weighted by Gasteiger charge is 2.52. The first-order valence-corrected chi connectivity index (χ1v) is 18.9. The van der Waals surface area contributed by atoms with E-state index < -0.39 is 5.41 Å². The van der Waals surface area contributed by atoms with E-state index in [4.69, 9.17) is 21.1 Å². The topological polar surface area (TPSA) is 35.0 Å². The predicted molar refractivity (Wildman–Crippen MR) is 227 cm³/mol. The molecule has 8 aromatic carbocycles. The molecule has 56 heavy (non-hydrogen) atoms. The molecule has 1 spiro atoms. The molecule has 1 aliphatic heterocycles. The van der Waals surface area contributed by atoms with Crippen LogP contribution in [0.5, 0.6) is 11.5 Å². The Kier molecular flexibility index (Phi) is 7.14. The molecule has 0 saturated heterocycles. The fourth-order valence-corrected chi connectivity index (χ4v) is 9.00. The van der Waals surface area contributed by atoms with Crippen LogP contribution in [0.25, 0.3) is 66.9 Å². The van der Waals surface area contributed by atoms with Gasteiger partial charge in [0, 0.05) is 38.9 Å². The monoisotopic (exact) mass is 712 g/mol. The highest BCUT2D eigenvalue weighted by Crippen LogP contribution is 2.64. The molecule has 0 unspecified atom stereocenters. The molecule has 1 aliphatic carbocycles. The number of fused-ring (bicyclic) bond motifs is 10. The van der Waals surface area contributed by atoms with Gasteiger partial charge in [-0.1, -0.05) is 170 Å². The number of aromatic nitrogens is 2. The predicted octanol–water partition coefficient (Wildman–Crippen LogP) is 12.7. The summed E-state index contributed by atoms with van der Waals surface area (Å²) in [7, 11) is 0. The van der Waals surface area contributed by atoms with Crippen LogP contribution in [0.4, 0.5) is 0 Å². The molecule has 2 aliphatic rings. The van der Waals surface area contributed by atoms with Gasteiger partial charge in [-0.2, -0.15) is 0 Å². The van der Waals surface area contributed by atoms with Crippen LogP contribution < -0.4 is 4.74 Å². The molecule has 0 amide bonds. The SMILES string of the molecule is C#Cc1ccccc1-c1cccc2c1Oc1c(-c3nc(-c4ccccc4)cc(-c4ccc5ccccc5c4)n3)cccc1C21c2ccccc2-c2ccccc21. The summed E-state index contributed by atoms with van der Waals surface area (Å²) >= 11 is 0. The molecule has 0 N–H and O–H groups in total. The van der Waals surface area contributed by atoms with Crippen molar-refractivity contribution < 1.29 is 4.74 Å². The van der Waals surface area contributed by atoms with Crippen molar-refractivity contribution in [3.63, 3.8) is 0 Å². The number of benzene rings is 8. The van der Waals surface area contributed by atoms with Crippen LogP contribution in [0, 0.1) is 12.3 Å². The number of nitrogens with zero attached hydrogens (tertiary/aromatic N) is 2. The van der Waals surface area contributed by atoms with E-state index in [0.29, 0.717) is 5.82 Å². The molecule has 9 aromatic rings. The Bertz CT molecular complexity index is 3040. The Morgan fingerprint density at radius 2 is 0.946 bits per heavy atom. The van der Waals surface area contributed by atoms with E-state index in [1.165, 1.54) is 27.6 Å². The Morgan fingerprint density at radius 3 is 1.66 bits per heavy atom. The second-order valence-corrected chi connectivity index (χ2v) is 14.4. The van der Waals surface area contributed by atoms with E-state index in [2.05, 4.69) is 158 Å². The lowest BCUT2D eigenvalue weighted by Crippen LogP contribution is -2.32. The van der Waals surface area contributed by atoms with E-state index in [0.717, 1.165) is 72.8 Å². The average Bonchev–Trinajstić information content (AvgIpc) is 3.56. The zero-order valence-corrected chi connectivity index (χ0v) is 30.3. The van der Waals surface area contributed by atoms with Gasteiger partial charge in [0.1, 0.15) is 11.5 Å².